The lowest BCUT2D eigenvalue weighted by molar-refractivity contribution is -0.245. The lowest BCUT2D eigenvalue weighted by atomic mass is 9.89. The second-order valence-corrected chi connectivity index (χ2v) is 13.3. The molecule has 0 saturated carbocycles. The van der Waals surface area contributed by atoms with E-state index in [2.05, 4.69) is 0 Å². The third kappa shape index (κ3) is 3.43. The van der Waals surface area contributed by atoms with Crippen LogP contribution in [0.15, 0.2) is 0 Å². The molecule has 0 aliphatic heterocycles. The number of alkyl halides is 6. The van der Waals surface area contributed by atoms with Crippen molar-refractivity contribution in [1.82, 2.24) is 0 Å². The van der Waals surface area contributed by atoms with E-state index >= 15 is 0 Å². The molecular weight excluding hydrogens is 470 g/mol. The first kappa shape index (κ1) is 27.1. The van der Waals surface area contributed by atoms with Crippen LogP contribution in [0.5, 0.6) is 0 Å². The minimum Gasteiger partial charge on any atom is -0.296 e. The number of carbonyl (C=O) groups is 1. The van der Waals surface area contributed by atoms with Gasteiger partial charge in [0.15, 0.2) is 15.6 Å². The van der Waals surface area contributed by atoms with Gasteiger partial charge in [-0.25, -0.2) is 16.8 Å². The molecule has 0 aromatic carbocycles. The zero-order chi connectivity index (χ0) is 23.6. The maximum atomic E-state index is 14.2. The number of halogens is 6. The Morgan fingerprint density at radius 3 is 1.29 bits per heavy atom. The summed E-state index contributed by atoms with van der Waals surface area (Å²) in [5, 5.41) is -14.2. The summed E-state index contributed by atoms with van der Waals surface area (Å²) in [4.78, 5) is 12.3. The lowest BCUT2D eigenvalue weighted by Crippen LogP contribution is -2.67. The molecule has 0 aliphatic rings. The Labute approximate surface area is 156 Å². The van der Waals surface area contributed by atoms with E-state index in [4.69, 9.17) is 4.55 Å². The second-order valence-electron chi connectivity index (χ2n) is 6.88. The number of carbonyl (C=O) groups excluding carboxylic acids is 1. The molecule has 0 aromatic rings. The van der Waals surface area contributed by atoms with Crippen LogP contribution in [0.2, 0.25) is 0 Å². The summed E-state index contributed by atoms with van der Waals surface area (Å²) in [5.74, 6) is -9.44. The van der Waals surface area contributed by atoms with Gasteiger partial charge in [-0.2, -0.15) is 34.8 Å². The highest BCUT2D eigenvalue weighted by Gasteiger charge is 2.85. The maximum absolute atomic E-state index is 14.2. The first-order valence-corrected chi connectivity index (χ1v) is 11.6. The predicted molar refractivity (Wildman–Crippen MR) is 83.0 cm³/mol. The van der Waals surface area contributed by atoms with Gasteiger partial charge in [0.2, 0.25) is 13.9 Å². The number of ketones is 1. The highest BCUT2D eigenvalue weighted by atomic mass is 32.3. The van der Waals surface area contributed by atoms with Crippen molar-refractivity contribution < 1.29 is 60.9 Å². The molecule has 1 atom stereocenters. The molecule has 1 N–H and O–H groups in total. The highest BCUT2D eigenvalue weighted by molar-refractivity contribution is 8.11. The Balaban J connectivity index is 7.32. The number of hydrogen-bond donors (Lipinski definition) is 1. The van der Waals surface area contributed by atoms with E-state index in [9.17, 15) is 56.4 Å². The van der Waals surface area contributed by atoms with Crippen LogP contribution >= 0.6 is 0 Å². The maximum Gasteiger partial charge on any atom is 0.439 e. The van der Waals surface area contributed by atoms with Gasteiger partial charge in [0, 0.05) is 11.7 Å². The summed E-state index contributed by atoms with van der Waals surface area (Å²) in [6, 6.07) is 0. The van der Waals surface area contributed by atoms with Crippen molar-refractivity contribution in [1.29, 1.82) is 0 Å². The average molecular weight is 486 g/mol. The number of Topliss-reactive ketones (excluding diaryl/α,β-unsaturated/α-hetero) is 1. The lowest BCUT2D eigenvalue weighted by Gasteiger charge is -2.37. The summed E-state index contributed by atoms with van der Waals surface area (Å²) in [5.41, 5.74) is -2.07. The van der Waals surface area contributed by atoms with Crippen LogP contribution in [0.4, 0.5) is 26.3 Å². The molecule has 168 valence electrons. The van der Waals surface area contributed by atoms with Crippen molar-refractivity contribution in [2.24, 2.45) is 5.41 Å². The van der Waals surface area contributed by atoms with Gasteiger partial charge in [0.1, 0.15) is 0 Å². The summed E-state index contributed by atoms with van der Waals surface area (Å²) in [6.07, 6.45) is -0.0939. The van der Waals surface area contributed by atoms with Crippen LogP contribution in [-0.4, -0.2) is 62.4 Å². The minimum absolute atomic E-state index is 0.0939. The van der Waals surface area contributed by atoms with E-state index in [1.165, 1.54) is 0 Å². The number of rotatable bonds is 7. The van der Waals surface area contributed by atoms with Crippen molar-refractivity contribution >= 4 is 35.6 Å². The summed E-state index contributed by atoms with van der Waals surface area (Å²) < 4.78 is 155. The van der Waals surface area contributed by atoms with Crippen molar-refractivity contribution in [2.45, 2.75) is 48.2 Å². The molecule has 0 spiro atoms. The molecule has 0 aliphatic carbocycles. The largest absolute Gasteiger partial charge is 0.439 e. The smallest absolute Gasteiger partial charge is 0.296 e. The predicted octanol–water partition coefficient (Wildman–Crippen LogP) is 1.49. The van der Waals surface area contributed by atoms with Crippen LogP contribution in [-0.2, 0) is 34.6 Å². The molecular formula is C11H16F6O8S3. The molecule has 8 nitrogen and oxygen atoms in total. The molecule has 0 fully saturated rings. The first-order chi connectivity index (χ1) is 11.7. The van der Waals surface area contributed by atoms with Crippen molar-refractivity contribution in [2.75, 3.05) is 6.26 Å². The van der Waals surface area contributed by atoms with E-state index < -0.39 is 61.5 Å². The third-order valence-corrected chi connectivity index (χ3v) is 9.92. The van der Waals surface area contributed by atoms with Gasteiger partial charge < -0.3 is 0 Å². The Kier molecular flexibility index (Phi) is 6.31. The van der Waals surface area contributed by atoms with E-state index in [1.807, 2.05) is 0 Å². The average Bonchev–Trinajstić information content (AvgIpc) is 2.41. The molecule has 0 rings (SSSR count). The topological polar surface area (TPSA) is 140 Å². The van der Waals surface area contributed by atoms with E-state index in [0.717, 1.165) is 20.8 Å². The fraction of sp³-hybridized carbons (Fsp3) is 0.909. The number of hydrogen-bond acceptors (Lipinski definition) is 7. The molecule has 0 radical (unpaired) electrons. The Bertz CT molecular complexity index is 976. The van der Waals surface area contributed by atoms with Gasteiger partial charge in [-0.15, -0.1) is 0 Å². The zero-order valence-electron chi connectivity index (χ0n) is 14.8. The fourth-order valence-electron chi connectivity index (χ4n) is 1.92. The Morgan fingerprint density at radius 2 is 1.07 bits per heavy atom. The van der Waals surface area contributed by atoms with Crippen molar-refractivity contribution in [3.05, 3.63) is 0 Å². The molecule has 28 heavy (non-hydrogen) atoms. The summed E-state index contributed by atoms with van der Waals surface area (Å²) in [7, 11) is -20.2. The monoisotopic (exact) mass is 486 g/mol. The third-order valence-electron chi connectivity index (χ3n) is 3.71. The molecule has 0 aromatic heterocycles. The highest BCUT2D eigenvalue weighted by Crippen LogP contribution is 2.54. The van der Waals surface area contributed by atoms with E-state index in [1.54, 1.807) is 0 Å². The van der Waals surface area contributed by atoms with Crippen molar-refractivity contribution in [3.63, 3.8) is 0 Å². The van der Waals surface area contributed by atoms with Crippen LogP contribution in [0.25, 0.3) is 0 Å². The van der Waals surface area contributed by atoms with Gasteiger partial charge >= 0.3 is 26.5 Å². The fourth-order valence-corrected chi connectivity index (χ4v) is 6.49. The minimum atomic E-state index is -7.42. The second kappa shape index (κ2) is 6.53. The molecule has 17 heteroatoms. The standard InChI is InChI=1S/C11H16F6O8S3/c1-7(2,3)6(18)8(4,26(5,19)20)27(21,22)10(14,15)9(12,13)11(16,17)28(23,24)25/h1-5H3,(H,23,24,25). The van der Waals surface area contributed by atoms with Crippen LogP contribution in [0.1, 0.15) is 27.7 Å². The van der Waals surface area contributed by atoms with Gasteiger partial charge in [0.05, 0.1) is 0 Å². The Morgan fingerprint density at radius 1 is 0.750 bits per heavy atom. The van der Waals surface area contributed by atoms with Crippen LogP contribution < -0.4 is 0 Å². The van der Waals surface area contributed by atoms with Crippen molar-refractivity contribution in [3.8, 4) is 0 Å². The number of sulfone groups is 2. The van der Waals surface area contributed by atoms with Gasteiger partial charge in [-0.1, -0.05) is 20.8 Å². The molecule has 0 bridgehead atoms. The van der Waals surface area contributed by atoms with Crippen LogP contribution in [0, 0.1) is 5.41 Å². The molecule has 0 amide bonds. The molecule has 0 saturated heterocycles. The van der Waals surface area contributed by atoms with E-state index in [0.29, 0.717) is 0 Å². The van der Waals surface area contributed by atoms with Crippen LogP contribution in [0.3, 0.4) is 0 Å². The van der Waals surface area contributed by atoms with Gasteiger partial charge in [-0.3, -0.25) is 9.35 Å². The van der Waals surface area contributed by atoms with Gasteiger partial charge in [0.25, 0.3) is 0 Å². The molecule has 0 heterocycles. The first-order valence-electron chi connectivity index (χ1n) is 6.75. The molecule has 1 unspecified atom stereocenters. The Hall–Kier alpha value is -0.940. The summed E-state index contributed by atoms with van der Waals surface area (Å²) >= 11 is 0. The SMILES string of the molecule is CC(C)(C)C(=O)C(C)(S(C)(=O)=O)S(=O)(=O)C(F)(F)C(F)(F)C(F)(F)S(=O)(=O)O. The van der Waals surface area contributed by atoms with Gasteiger partial charge in [-0.05, 0) is 6.92 Å². The van der Waals surface area contributed by atoms with E-state index in [-0.39, 0.29) is 13.2 Å². The quantitative estimate of drug-likeness (QED) is 0.422. The normalized spacial score (nSPS) is 17.9. The zero-order valence-corrected chi connectivity index (χ0v) is 17.2. The summed E-state index contributed by atoms with van der Waals surface area (Å²) in [6.45, 7) is 2.28.